The Morgan fingerprint density at radius 2 is 2.27 bits per heavy atom. The summed E-state index contributed by atoms with van der Waals surface area (Å²) in [6.07, 6.45) is 0. The summed E-state index contributed by atoms with van der Waals surface area (Å²) in [5, 5.41) is 0.559. The maximum Gasteiger partial charge on any atom is 0.319 e. The van der Waals surface area contributed by atoms with Crippen LogP contribution in [0.15, 0.2) is 24.3 Å². The van der Waals surface area contributed by atoms with E-state index in [1.165, 1.54) is 4.90 Å². The van der Waals surface area contributed by atoms with Crippen molar-refractivity contribution in [2.75, 3.05) is 11.4 Å². The Labute approximate surface area is 93.8 Å². The number of anilines is 1. The van der Waals surface area contributed by atoms with E-state index in [4.69, 9.17) is 23.1 Å². The molecule has 1 aromatic rings. The fraction of sp³-hybridized carbons (Fsp3) is 0.300. The first-order chi connectivity index (χ1) is 7.00. The van der Waals surface area contributed by atoms with Gasteiger partial charge in [-0.3, -0.25) is 4.90 Å². The van der Waals surface area contributed by atoms with Gasteiger partial charge in [-0.25, -0.2) is 4.79 Å². The number of rotatable bonds is 3. The first kappa shape index (κ1) is 11.8. The van der Waals surface area contributed by atoms with E-state index in [9.17, 15) is 4.79 Å². The van der Waals surface area contributed by atoms with Gasteiger partial charge in [0.1, 0.15) is 0 Å². The predicted octanol–water partition coefficient (Wildman–Crippen LogP) is 1.57. The quantitative estimate of drug-likeness (QED) is 0.823. The van der Waals surface area contributed by atoms with Gasteiger partial charge in [0.25, 0.3) is 0 Å². The molecule has 0 aromatic heterocycles. The molecule has 1 aromatic carbocycles. The number of nitrogens with two attached hydrogens (primary N) is 2. The molecule has 4 nitrogen and oxygen atoms in total. The number of hydrogen-bond acceptors (Lipinski definition) is 2. The lowest BCUT2D eigenvalue weighted by Gasteiger charge is -2.22. The molecule has 5 heteroatoms. The van der Waals surface area contributed by atoms with Crippen LogP contribution in [-0.4, -0.2) is 18.6 Å². The zero-order valence-corrected chi connectivity index (χ0v) is 9.24. The van der Waals surface area contributed by atoms with Gasteiger partial charge < -0.3 is 11.5 Å². The second-order valence-electron chi connectivity index (χ2n) is 3.41. The highest BCUT2D eigenvalue weighted by atomic mass is 35.5. The van der Waals surface area contributed by atoms with E-state index in [0.29, 0.717) is 17.3 Å². The Kier molecular flexibility index (Phi) is 3.94. The molecule has 4 N–H and O–H groups in total. The number of urea groups is 1. The molecule has 1 unspecified atom stereocenters. The fourth-order valence-corrected chi connectivity index (χ4v) is 1.44. The van der Waals surface area contributed by atoms with Gasteiger partial charge >= 0.3 is 6.03 Å². The van der Waals surface area contributed by atoms with Crippen molar-refractivity contribution in [3.63, 3.8) is 0 Å². The van der Waals surface area contributed by atoms with Crippen molar-refractivity contribution >= 4 is 23.3 Å². The van der Waals surface area contributed by atoms with Crippen molar-refractivity contribution in [2.24, 2.45) is 11.5 Å². The van der Waals surface area contributed by atoms with Crippen LogP contribution in [0.1, 0.15) is 6.92 Å². The Hall–Kier alpha value is -1.26. The molecular weight excluding hydrogens is 214 g/mol. The molecule has 0 saturated heterocycles. The van der Waals surface area contributed by atoms with Crippen LogP contribution in [0, 0.1) is 0 Å². The third-order valence-corrected chi connectivity index (χ3v) is 2.09. The molecule has 0 aliphatic carbocycles. The van der Waals surface area contributed by atoms with Gasteiger partial charge in [0.05, 0.1) is 0 Å². The maximum absolute atomic E-state index is 11.2. The highest BCUT2D eigenvalue weighted by Crippen LogP contribution is 2.19. The number of nitrogens with zero attached hydrogens (tertiary/aromatic N) is 1. The summed E-state index contributed by atoms with van der Waals surface area (Å²) in [6.45, 7) is 2.18. The normalized spacial score (nSPS) is 12.2. The van der Waals surface area contributed by atoms with Crippen molar-refractivity contribution in [1.29, 1.82) is 0 Å². The van der Waals surface area contributed by atoms with Crippen LogP contribution >= 0.6 is 11.6 Å². The second kappa shape index (κ2) is 5.00. The minimum absolute atomic E-state index is 0.142. The standard InChI is InChI=1S/C10H14ClN3O/c1-7(12)6-14(10(13)15)9-4-2-3-8(11)5-9/h2-5,7H,6,12H2,1H3,(H2,13,15). The predicted molar refractivity (Wildman–Crippen MR) is 62.0 cm³/mol. The van der Waals surface area contributed by atoms with Crippen molar-refractivity contribution < 1.29 is 4.79 Å². The third-order valence-electron chi connectivity index (χ3n) is 1.86. The SMILES string of the molecule is CC(N)CN(C(N)=O)c1cccc(Cl)c1. The summed E-state index contributed by atoms with van der Waals surface area (Å²) in [5.41, 5.74) is 11.5. The van der Waals surface area contributed by atoms with Crippen LogP contribution < -0.4 is 16.4 Å². The second-order valence-corrected chi connectivity index (χ2v) is 3.84. The van der Waals surface area contributed by atoms with Crippen LogP contribution in [0.4, 0.5) is 10.5 Å². The van der Waals surface area contributed by atoms with Crippen LogP contribution in [0.2, 0.25) is 5.02 Å². The van der Waals surface area contributed by atoms with Gasteiger partial charge in [-0.15, -0.1) is 0 Å². The van der Waals surface area contributed by atoms with E-state index in [0.717, 1.165) is 0 Å². The molecule has 0 heterocycles. The monoisotopic (exact) mass is 227 g/mol. The topological polar surface area (TPSA) is 72.3 Å². The molecule has 0 bridgehead atoms. The average molecular weight is 228 g/mol. The molecule has 0 aliphatic heterocycles. The number of benzene rings is 1. The summed E-state index contributed by atoms with van der Waals surface area (Å²) in [6, 6.07) is 6.25. The zero-order chi connectivity index (χ0) is 11.4. The third kappa shape index (κ3) is 3.42. The summed E-state index contributed by atoms with van der Waals surface area (Å²) in [7, 11) is 0. The molecule has 15 heavy (non-hydrogen) atoms. The molecule has 0 fully saturated rings. The fourth-order valence-electron chi connectivity index (χ4n) is 1.25. The Balaban J connectivity index is 2.94. The average Bonchev–Trinajstić information content (AvgIpc) is 2.13. The largest absolute Gasteiger partial charge is 0.351 e. The van der Waals surface area contributed by atoms with Gasteiger partial charge in [-0.05, 0) is 25.1 Å². The van der Waals surface area contributed by atoms with Crippen molar-refractivity contribution in [3.05, 3.63) is 29.3 Å². The van der Waals surface area contributed by atoms with E-state index in [-0.39, 0.29) is 6.04 Å². The van der Waals surface area contributed by atoms with Crippen LogP contribution in [0.3, 0.4) is 0 Å². The van der Waals surface area contributed by atoms with E-state index in [2.05, 4.69) is 0 Å². The van der Waals surface area contributed by atoms with E-state index in [1.807, 2.05) is 0 Å². The minimum Gasteiger partial charge on any atom is -0.351 e. The number of amides is 2. The Morgan fingerprint density at radius 1 is 1.60 bits per heavy atom. The van der Waals surface area contributed by atoms with Gasteiger partial charge in [0.15, 0.2) is 0 Å². The lowest BCUT2D eigenvalue weighted by Crippen LogP contribution is -2.42. The van der Waals surface area contributed by atoms with E-state index in [1.54, 1.807) is 31.2 Å². The molecular formula is C10H14ClN3O. The summed E-state index contributed by atoms with van der Waals surface area (Å²) < 4.78 is 0. The molecule has 1 atom stereocenters. The first-order valence-electron chi connectivity index (χ1n) is 4.59. The molecule has 0 radical (unpaired) electrons. The summed E-state index contributed by atoms with van der Waals surface area (Å²) in [5.74, 6) is 0. The Bertz CT molecular complexity index is 354. The molecule has 82 valence electrons. The molecule has 0 saturated carbocycles. The van der Waals surface area contributed by atoms with E-state index >= 15 is 0 Å². The van der Waals surface area contributed by atoms with Gasteiger partial charge in [-0.1, -0.05) is 17.7 Å². The summed E-state index contributed by atoms with van der Waals surface area (Å²) >= 11 is 5.82. The van der Waals surface area contributed by atoms with Gasteiger partial charge in [-0.2, -0.15) is 0 Å². The highest BCUT2D eigenvalue weighted by Gasteiger charge is 2.13. The van der Waals surface area contributed by atoms with Crippen molar-refractivity contribution in [1.82, 2.24) is 0 Å². The molecule has 2 amide bonds. The number of carbonyl (C=O) groups excluding carboxylic acids is 1. The highest BCUT2D eigenvalue weighted by molar-refractivity contribution is 6.30. The zero-order valence-electron chi connectivity index (χ0n) is 8.48. The van der Waals surface area contributed by atoms with Crippen LogP contribution in [0.5, 0.6) is 0 Å². The van der Waals surface area contributed by atoms with Crippen LogP contribution in [0.25, 0.3) is 0 Å². The van der Waals surface area contributed by atoms with Crippen molar-refractivity contribution in [3.8, 4) is 0 Å². The van der Waals surface area contributed by atoms with Crippen molar-refractivity contribution in [2.45, 2.75) is 13.0 Å². The first-order valence-corrected chi connectivity index (χ1v) is 4.96. The molecule has 1 rings (SSSR count). The number of carbonyl (C=O) groups is 1. The van der Waals surface area contributed by atoms with Gasteiger partial charge in [0.2, 0.25) is 0 Å². The van der Waals surface area contributed by atoms with E-state index < -0.39 is 6.03 Å². The smallest absolute Gasteiger partial charge is 0.319 e. The lowest BCUT2D eigenvalue weighted by atomic mass is 10.2. The van der Waals surface area contributed by atoms with Gasteiger partial charge in [0, 0.05) is 23.3 Å². The number of primary amides is 1. The lowest BCUT2D eigenvalue weighted by molar-refractivity contribution is 0.253. The maximum atomic E-state index is 11.2. The minimum atomic E-state index is -0.533. The Morgan fingerprint density at radius 3 is 2.73 bits per heavy atom. The summed E-state index contributed by atoms with van der Waals surface area (Å²) in [4.78, 5) is 12.6. The molecule has 0 aliphatic rings. The van der Waals surface area contributed by atoms with Crippen LogP contribution in [-0.2, 0) is 0 Å². The molecule has 0 spiro atoms. The number of hydrogen-bond donors (Lipinski definition) is 2. The number of halogens is 1.